The second-order valence-corrected chi connectivity index (χ2v) is 5.66. The lowest BCUT2D eigenvalue weighted by molar-refractivity contribution is 1.37. The Balaban J connectivity index is 2.02. The van der Waals surface area contributed by atoms with Crippen LogP contribution in [0, 0.1) is 6.92 Å². The first-order valence-electron chi connectivity index (χ1n) is 6.01. The third-order valence-electron chi connectivity index (χ3n) is 2.99. The highest BCUT2D eigenvalue weighted by Gasteiger charge is 2.08. The number of halogens is 1. The minimum atomic E-state index is 0.764. The predicted octanol–water partition coefficient (Wildman–Crippen LogP) is 5.44. The summed E-state index contributed by atoms with van der Waals surface area (Å²) in [6.07, 6.45) is 0. The molecule has 3 heteroatoms. The molecule has 0 saturated carbocycles. The number of thiazole rings is 1. The molecule has 0 atom stereocenters. The van der Waals surface area contributed by atoms with Crippen molar-refractivity contribution in [3.05, 3.63) is 64.5 Å². The molecule has 0 amide bonds. The molecule has 0 aliphatic heterocycles. The highest BCUT2D eigenvalue weighted by molar-refractivity contribution is 7.13. The van der Waals surface area contributed by atoms with Gasteiger partial charge >= 0.3 is 0 Å². The summed E-state index contributed by atoms with van der Waals surface area (Å²) >= 11 is 7.65. The molecule has 0 aliphatic rings. The maximum atomic E-state index is 5.99. The van der Waals surface area contributed by atoms with Crippen LogP contribution in [0.1, 0.15) is 5.56 Å². The molecule has 0 bridgehead atoms. The van der Waals surface area contributed by atoms with Gasteiger partial charge in [-0.05, 0) is 24.6 Å². The number of nitrogens with zero attached hydrogens (tertiary/aromatic N) is 1. The lowest BCUT2D eigenvalue weighted by Gasteiger charge is -2.02. The van der Waals surface area contributed by atoms with Crippen LogP contribution in [0.5, 0.6) is 0 Å². The molecule has 0 radical (unpaired) electrons. The quantitative estimate of drug-likeness (QED) is 0.611. The summed E-state index contributed by atoms with van der Waals surface area (Å²) in [6, 6.07) is 16.1. The Bertz CT molecular complexity index is 704. The summed E-state index contributed by atoms with van der Waals surface area (Å²) in [5, 5.41) is 3.91. The zero-order valence-electron chi connectivity index (χ0n) is 10.4. The molecule has 0 unspecified atom stereocenters. The van der Waals surface area contributed by atoms with Crippen LogP contribution in [-0.2, 0) is 0 Å². The number of aryl methyl sites for hydroxylation is 1. The van der Waals surface area contributed by atoms with Gasteiger partial charge in [0, 0.05) is 21.5 Å². The first-order chi connectivity index (χ1) is 9.24. The first kappa shape index (κ1) is 12.4. The van der Waals surface area contributed by atoms with Crippen molar-refractivity contribution in [2.45, 2.75) is 6.92 Å². The van der Waals surface area contributed by atoms with Crippen LogP contribution in [0.2, 0.25) is 5.02 Å². The van der Waals surface area contributed by atoms with Gasteiger partial charge in [-0.3, -0.25) is 0 Å². The molecule has 0 aliphatic carbocycles. The molecule has 3 aromatic rings. The molecule has 19 heavy (non-hydrogen) atoms. The summed E-state index contributed by atoms with van der Waals surface area (Å²) in [5.41, 5.74) is 4.46. The summed E-state index contributed by atoms with van der Waals surface area (Å²) in [6.45, 7) is 2.06. The third-order valence-corrected chi connectivity index (χ3v) is 4.12. The van der Waals surface area contributed by atoms with E-state index < -0.39 is 0 Å². The molecular weight excluding hydrogens is 274 g/mol. The van der Waals surface area contributed by atoms with E-state index in [0.717, 1.165) is 32.4 Å². The van der Waals surface area contributed by atoms with Crippen molar-refractivity contribution >= 4 is 22.9 Å². The Morgan fingerprint density at radius 2 is 1.84 bits per heavy atom. The lowest BCUT2D eigenvalue weighted by Crippen LogP contribution is -1.83. The summed E-state index contributed by atoms with van der Waals surface area (Å²) < 4.78 is 0. The van der Waals surface area contributed by atoms with Crippen LogP contribution in [0.25, 0.3) is 21.8 Å². The van der Waals surface area contributed by atoms with Crippen LogP contribution < -0.4 is 0 Å². The maximum Gasteiger partial charge on any atom is 0.124 e. The van der Waals surface area contributed by atoms with Gasteiger partial charge in [0.05, 0.1) is 5.69 Å². The number of rotatable bonds is 2. The van der Waals surface area contributed by atoms with Gasteiger partial charge in [-0.2, -0.15) is 0 Å². The largest absolute Gasteiger partial charge is 0.236 e. The number of aromatic nitrogens is 1. The fraction of sp³-hybridized carbons (Fsp3) is 0.0625. The highest BCUT2D eigenvalue weighted by atomic mass is 35.5. The minimum absolute atomic E-state index is 0.764. The minimum Gasteiger partial charge on any atom is -0.236 e. The van der Waals surface area contributed by atoms with Gasteiger partial charge in [-0.15, -0.1) is 11.3 Å². The van der Waals surface area contributed by atoms with Crippen molar-refractivity contribution < 1.29 is 0 Å². The van der Waals surface area contributed by atoms with Crippen molar-refractivity contribution in [3.63, 3.8) is 0 Å². The Labute approximate surface area is 121 Å². The predicted molar refractivity (Wildman–Crippen MR) is 82.7 cm³/mol. The number of benzene rings is 2. The number of hydrogen-bond donors (Lipinski definition) is 0. The smallest absolute Gasteiger partial charge is 0.124 e. The topological polar surface area (TPSA) is 12.9 Å². The van der Waals surface area contributed by atoms with Gasteiger partial charge in [0.1, 0.15) is 5.01 Å². The van der Waals surface area contributed by atoms with E-state index in [1.54, 1.807) is 11.3 Å². The van der Waals surface area contributed by atoms with Gasteiger partial charge in [0.25, 0.3) is 0 Å². The van der Waals surface area contributed by atoms with E-state index in [-0.39, 0.29) is 0 Å². The van der Waals surface area contributed by atoms with Crippen LogP contribution in [0.4, 0.5) is 0 Å². The standard InChI is InChI=1S/C16H12ClNS/c1-11-9-13(17)7-8-14(11)15-10-19-16(18-15)12-5-3-2-4-6-12/h2-10H,1H3. The molecule has 0 spiro atoms. The van der Waals surface area contributed by atoms with Gasteiger partial charge < -0.3 is 0 Å². The summed E-state index contributed by atoms with van der Waals surface area (Å²) in [5.74, 6) is 0. The van der Waals surface area contributed by atoms with E-state index in [1.165, 1.54) is 0 Å². The first-order valence-corrected chi connectivity index (χ1v) is 7.27. The summed E-state index contributed by atoms with van der Waals surface area (Å²) in [7, 11) is 0. The van der Waals surface area contributed by atoms with Crippen molar-refractivity contribution in [2.75, 3.05) is 0 Å². The SMILES string of the molecule is Cc1cc(Cl)ccc1-c1csc(-c2ccccc2)n1. The van der Waals surface area contributed by atoms with Crippen molar-refractivity contribution in [1.82, 2.24) is 4.98 Å². The van der Waals surface area contributed by atoms with Gasteiger partial charge in [-0.25, -0.2) is 4.98 Å². The fourth-order valence-corrected chi connectivity index (χ4v) is 3.08. The zero-order valence-corrected chi connectivity index (χ0v) is 12.0. The van der Waals surface area contributed by atoms with Gasteiger partial charge in [-0.1, -0.05) is 48.0 Å². The maximum absolute atomic E-state index is 5.99. The molecule has 0 fully saturated rings. The monoisotopic (exact) mass is 285 g/mol. The molecule has 1 aromatic heterocycles. The van der Waals surface area contributed by atoms with E-state index in [0.29, 0.717) is 0 Å². The van der Waals surface area contributed by atoms with E-state index in [4.69, 9.17) is 16.6 Å². The molecule has 0 saturated heterocycles. The second-order valence-electron chi connectivity index (χ2n) is 4.36. The molecule has 2 aromatic carbocycles. The normalized spacial score (nSPS) is 10.6. The van der Waals surface area contributed by atoms with E-state index in [2.05, 4.69) is 24.4 Å². The number of hydrogen-bond acceptors (Lipinski definition) is 2. The zero-order chi connectivity index (χ0) is 13.2. The fourth-order valence-electron chi connectivity index (χ4n) is 2.03. The molecule has 3 rings (SSSR count). The van der Waals surface area contributed by atoms with E-state index in [9.17, 15) is 0 Å². The van der Waals surface area contributed by atoms with Crippen LogP contribution in [0.3, 0.4) is 0 Å². The Morgan fingerprint density at radius 1 is 1.05 bits per heavy atom. The molecule has 1 nitrogen and oxygen atoms in total. The molecular formula is C16H12ClNS. The Morgan fingerprint density at radius 3 is 2.58 bits per heavy atom. The average molecular weight is 286 g/mol. The third kappa shape index (κ3) is 2.55. The van der Waals surface area contributed by atoms with Crippen LogP contribution in [-0.4, -0.2) is 4.98 Å². The Hall–Kier alpha value is -1.64. The van der Waals surface area contributed by atoms with Crippen LogP contribution >= 0.6 is 22.9 Å². The van der Waals surface area contributed by atoms with E-state index >= 15 is 0 Å². The molecule has 1 heterocycles. The van der Waals surface area contributed by atoms with Crippen molar-refractivity contribution in [2.24, 2.45) is 0 Å². The Kier molecular flexibility index (Phi) is 3.36. The molecule has 94 valence electrons. The average Bonchev–Trinajstić information content (AvgIpc) is 2.89. The second kappa shape index (κ2) is 5.16. The van der Waals surface area contributed by atoms with Gasteiger partial charge in [0.15, 0.2) is 0 Å². The van der Waals surface area contributed by atoms with Crippen molar-refractivity contribution in [1.29, 1.82) is 0 Å². The van der Waals surface area contributed by atoms with Crippen molar-refractivity contribution in [3.8, 4) is 21.8 Å². The van der Waals surface area contributed by atoms with Crippen LogP contribution in [0.15, 0.2) is 53.9 Å². The van der Waals surface area contributed by atoms with Gasteiger partial charge in [0.2, 0.25) is 0 Å². The lowest BCUT2D eigenvalue weighted by atomic mass is 10.1. The molecule has 0 N–H and O–H groups in total. The van der Waals surface area contributed by atoms with E-state index in [1.807, 2.05) is 36.4 Å². The summed E-state index contributed by atoms with van der Waals surface area (Å²) in [4.78, 5) is 4.72. The highest BCUT2D eigenvalue weighted by Crippen LogP contribution is 2.31.